The Morgan fingerprint density at radius 1 is 1.50 bits per heavy atom. The van der Waals surface area contributed by atoms with Crippen molar-refractivity contribution >= 4 is 11.6 Å². The molecule has 1 aliphatic rings. The van der Waals surface area contributed by atoms with Gasteiger partial charge >= 0.3 is 5.69 Å². The molecule has 1 aromatic heterocycles. The first-order valence-corrected chi connectivity index (χ1v) is 5.55. The van der Waals surface area contributed by atoms with Crippen LogP contribution in [0.15, 0.2) is 29.1 Å². The number of benzene rings is 1. The molecule has 0 aliphatic carbocycles. The van der Waals surface area contributed by atoms with E-state index in [1.165, 1.54) is 0 Å². The average Bonchev–Trinajstić information content (AvgIpc) is 2.82. The summed E-state index contributed by atoms with van der Waals surface area (Å²) in [4.78, 5) is 11.6. The van der Waals surface area contributed by atoms with Crippen LogP contribution in [-0.2, 0) is 6.42 Å². The van der Waals surface area contributed by atoms with Crippen LogP contribution < -0.4 is 5.69 Å². The van der Waals surface area contributed by atoms with Gasteiger partial charge in [-0.1, -0.05) is 23.7 Å². The fraction of sp³-hybridized carbons (Fsp3) is 0.273. The highest BCUT2D eigenvalue weighted by atomic mass is 35.5. The molecular weight excluding hydrogens is 226 g/mol. The maximum Gasteiger partial charge on any atom is 0.343 e. The summed E-state index contributed by atoms with van der Waals surface area (Å²) in [6, 6.07) is 7.70. The lowest BCUT2D eigenvalue weighted by Gasteiger charge is -2.11. The van der Waals surface area contributed by atoms with E-state index < -0.39 is 0 Å². The summed E-state index contributed by atoms with van der Waals surface area (Å²) >= 11 is 5.95. The number of hydrogen-bond acceptors (Lipinski definition) is 2. The van der Waals surface area contributed by atoms with Crippen molar-refractivity contribution in [3.05, 3.63) is 51.2 Å². The molecule has 0 bridgehead atoms. The Morgan fingerprint density at radius 3 is 3.19 bits per heavy atom. The molecule has 0 amide bonds. The predicted octanol–water partition coefficient (Wildman–Crippen LogP) is 1.76. The molecular formula is C11H10ClN3O. The number of aromatic amines is 1. The fourth-order valence-electron chi connectivity index (χ4n) is 2.26. The zero-order chi connectivity index (χ0) is 11.1. The van der Waals surface area contributed by atoms with E-state index >= 15 is 0 Å². The van der Waals surface area contributed by atoms with Gasteiger partial charge in [0, 0.05) is 11.4 Å². The lowest BCUT2D eigenvalue weighted by atomic mass is 10.1. The quantitative estimate of drug-likeness (QED) is 0.819. The van der Waals surface area contributed by atoms with Crippen LogP contribution >= 0.6 is 11.6 Å². The molecule has 16 heavy (non-hydrogen) atoms. The summed E-state index contributed by atoms with van der Waals surface area (Å²) in [5.41, 5.74) is 0.923. The summed E-state index contributed by atoms with van der Waals surface area (Å²) in [6.07, 6.45) is 1.74. The van der Waals surface area contributed by atoms with Gasteiger partial charge in [0.2, 0.25) is 0 Å². The minimum atomic E-state index is -0.141. The summed E-state index contributed by atoms with van der Waals surface area (Å²) in [6.45, 7) is 0. The van der Waals surface area contributed by atoms with Crippen LogP contribution in [0.4, 0.5) is 0 Å². The van der Waals surface area contributed by atoms with E-state index in [-0.39, 0.29) is 11.7 Å². The van der Waals surface area contributed by atoms with Gasteiger partial charge in [-0.05, 0) is 24.1 Å². The van der Waals surface area contributed by atoms with Gasteiger partial charge in [-0.3, -0.25) is 4.57 Å². The van der Waals surface area contributed by atoms with Crippen LogP contribution in [0.25, 0.3) is 0 Å². The average molecular weight is 236 g/mol. The Hall–Kier alpha value is -1.55. The number of H-pyrrole nitrogens is 1. The van der Waals surface area contributed by atoms with Gasteiger partial charge < -0.3 is 0 Å². The van der Waals surface area contributed by atoms with Crippen LogP contribution in [0, 0.1) is 0 Å². The van der Waals surface area contributed by atoms with Gasteiger partial charge in [-0.2, -0.15) is 5.10 Å². The van der Waals surface area contributed by atoms with Crippen molar-refractivity contribution in [3.63, 3.8) is 0 Å². The van der Waals surface area contributed by atoms with Crippen molar-refractivity contribution in [2.45, 2.75) is 18.9 Å². The van der Waals surface area contributed by atoms with Crippen molar-refractivity contribution in [2.75, 3.05) is 0 Å². The molecule has 0 spiro atoms. The molecule has 2 heterocycles. The van der Waals surface area contributed by atoms with Crippen molar-refractivity contribution in [1.29, 1.82) is 0 Å². The fourth-order valence-corrected chi connectivity index (χ4v) is 2.46. The lowest BCUT2D eigenvalue weighted by molar-refractivity contribution is 0.598. The molecule has 1 aliphatic heterocycles. The Labute approximate surface area is 96.9 Å². The normalized spacial score (nSPS) is 18.7. The summed E-state index contributed by atoms with van der Waals surface area (Å²) in [5, 5.41) is 7.16. The molecule has 0 radical (unpaired) electrons. The lowest BCUT2D eigenvalue weighted by Crippen LogP contribution is -2.20. The number of nitrogens with one attached hydrogen (secondary N) is 1. The van der Waals surface area contributed by atoms with Crippen LogP contribution in [0.3, 0.4) is 0 Å². The van der Waals surface area contributed by atoms with E-state index in [1.54, 1.807) is 4.57 Å². The highest BCUT2D eigenvalue weighted by Gasteiger charge is 2.26. The largest absolute Gasteiger partial charge is 0.343 e. The summed E-state index contributed by atoms with van der Waals surface area (Å²) in [7, 11) is 0. The van der Waals surface area contributed by atoms with E-state index in [1.807, 2.05) is 24.3 Å². The van der Waals surface area contributed by atoms with E-state index in [0.717, 1.165) is 24.2 Å². The molecule has 3 rings (SSSR count). The minimum Gasteiger partial charge on any atom is -0.271 e. The van der Waals surface area contributed by atoms with Gasteiger partial charge in [-0.15, -0.1) is 0 Å². The first-order valence-electron chi connectivity index (χ1n) is 5.17. The molecule has 0 saturated carbocycles. The van der Waals surface area contributed by atoms with Crippen molar-refractivity contribution < 1.29 is 0 Å². The monoisotopic (exact) mass is 235 g/mol. The minimum absolute atomic E-state index is 0.0694. The molecule has 0 fully saturated rings. The standard InChI is InChI=1S/C11H10ClN3O/c12-8-3-1-2-7(6-8)9-4-5-10-13-14-11(16)15(9)10/h1-3,6,9H,4-5H2,(H,14,16). The number of halogens is 1. The van der Waals surface area contributed by atoms with Crippen LogP contribution in [0.1, 0.15) is 23.9 Å². The van der Waals surface area contributed by atoms with Crippen molar-refractivity contribution in [3.8, 4) is 0 Å². The third kappa shape index (κ3) is 1.38. The number of nitrogens with zero attached hydrogens (tertiary/aromatic N) is 2. The van der Waals surface area contributed by atoms with Crippen LogP contribution in [-0.4, -0.2) is 14.8 Å². The van der Waals surface area contributed by atoms with Gasteiger partial charge in [0.25, 0.3) is 0 Å². The first-order chi connectivity index (χ1) is 7.75. The maximum absolute atomic E-state index is 11.6. The Bertz CT molecular complexity index is 587. The number of hydrogen-bond donors (Lipinski definition) is 1. The van der Waals surface area contributed by atoms with Crippen LogP contribution in [0.2, 0.25) is 5.02 Å². The highest BCUT2D eigenvalue weighted by molar-refractivity contribution is 6.30. The number of aromatic nitrogens is 3. The smallest absolute Gasteiger partial charge is 0.271 e. The third-order valence-corrected chi connectivity index (χ3v) is 3.20. The topological polar surface area (TPSA) is 50.7 Å². The second-order valence-electron chi connectivity index (χ2n) is 3.92. The summed E-state index contributed by atoms with van der Waals surface area (Å²) in [5.74, 6) is 0.829. The van der Waals surface area contributed by atoms with E-state index in [2.05, 4.69) is 10.2 Å². The molecule has 1 atom stereocenters. The number of fused-ring (bicyclic) bond motifs is 1. The van der Waals surface area contributed by atoms with Crippen LogP contribution in [0.5, 0.6) is 0 Å². The summed E-state index contributed by atoms with van der Waals surface area (Å²) < 4.78 is 1.71. The van der Waals surface area contributed by atoms with Crippen molar-refractivity contribution in [2.24, 2.45) is 0 Å². The van der Waals surface area contributed by atoms with E-state index in [9.17, 15) is 4.79 Å². The first kappa shape index (κ1) is 9.66. The molecule has 5 heteroatoms. The van der Waals surface area contributed by atoms with Gasteiger partial charge in [0.05, 0.1) is 6.04 Å². The molecule has 82 valence electrons. The molecule has 0 saturated heterocycles. The third-order valence-electron chi connectivity index (χ3n) is 2.96. The highest BCUT2D eigenvalue weighted by Crippen LogP contribution is 2.29. The van der Waals surface area contributed by atoms with E-state index in [4.69, 9.17) is 11.6 Å². The molecule has 4 nitrogen and oxygen atoms in total. The predicted molar refractivity (Wildman–Crippen MR) is 60.8 cm³/mol. The van der Waals surface area contributed by atoms with Crippen molar-refractivity contribution in [1.82, 2.24) is 14.8 Å². The zero-order valence-electron chi connectivity index (χ0n) is 8.48. The van der Waals surface area contributed by atoms with Gasteiger partial charge in [0.1, 0.15) is 5.82 Å². The molecule has 2 aromatic rings. The second-order valence-corrected chi connectivity index (χ2v) is 4.36. The van der Waals surface area contributed by atoms with E-state index in [0.29, 0.717) is 5.02 Å². The molecule has 1 aromatic carbocycles. The Morgan fingerprint density at radius 2 is 2.38 bits per heavy atom. The van der Waals surface area contributed by atoms with Gasteiger partial charge in [0.15, 0.2) is 0 Å². The Balaban J connectivity index is 2.10. The van der Waals surface area contributed by atoms with Gasteiger partial charge in [-0.25, -0.2) is 9.89 Å². The Kier molecular flexibility index (Phi) is 2.11. The number of rotatable bonds is 1. The SMILES string of the molecule is O=c1[nH]nc2n1C(c1cccc(Cl)c1)CC2. The molecule has 1 unspecified atom stereocenters. The second kappa shape index (κ2) is 3.49. The zero-order valence-corrected chi connectivity index (χ0v) is 9.24. The number of aryl methyl sites for hydroxylation is 1. The molecule has 1 N–H and O–H groups in total. The maximum atomic E-state index is 11.6.